The molecule has 1 unspecified atom stereocenters. The summed E-state index contributed by atoms with van der Waals surface area (Å²) in [5.74, 6) is 0.00384. The Morgan fingerprint density at radius 3 is 2.95 bits per heavy atom. The van der Waals surface area contributed by atoms with Gasteiger partial charge in [-0.1, -0.05) is 17.4 Å². The fourth-order valence-electron chi connectivity index (χ4n) is 2.55. The van der Waals surface area contributed by atoms with Crippen molar-refractivity contribution in [1.82, 2.24) is 4.98 Å². The number of fused-ring (bicyclic) bond motifs is 1. The van der Waals surface area contributed by atoms with Crippen LogP contribution in [-0.4, -0.2) is 38.7 Å². The third-order valence-electron chi connectivity index (χ3n) is 3.46. The second-order valence-corrected chi connectivity index (χ2v) is 8.91. The van der Waals surface area contributed by atoms with Crippen LogP contribution in [0.15, 0.2) is 18.2 Å². The molecule has 1 aromatic heterocycles. The summed E-state index contributed by atoms with van der Waals surface area (Å²) in [7, 11) is 3.22. The number of carbonyl (C=O) groups excluding carboxylic acids is 1. The van der Waals surface area contributed by atoms with Gasteiger partial charge in [-0.15, -0.1) is 0 Å². The third-order valence-corrected chi connectivity index (χ3v) is 5.75. The van der Waals surface area contributed by atoms with Crippen molar-refractivity contribution in [1.29, 1.82) is 0 Å². The quantitative estimate of drug-likeness (QED) is 0.781. The van der Waals surface area contributed by atoms with Crippen LogP contribution >= 0.6 is 22.0 Å². The van der Waals surface area contributed by atoms with E-state index in [0.29, 0.717) is 22.9 Å². The van der Waals surface area contributed by atoms with E-state index in [1.165, 1.54) is 16.2 Å². The number of ether oxygens (including phenoxy) is 1. The monoisotopic (exact) mass is 360 g/mol. The average molecular weight is 361 g/mol. The first-order valence-corrected chi connectivity index (χ1v) is 9.83. The lowest BCUT2D eigenvalue weighted by atomic mass is 10.1. The molecule has 1 aliphatic rings. The minimum Gasteiger partial charge on any atom is -0.494 e. The fraction of sp³-hybridized carbons (Fsp3) is 0.385. The van der Waals surface area contributed by atoms with E-state index >= 15 is 0 Å². The first-order valence-electron chi connectivity index (χ1n) is 6.53. The summed E-state index contributed by atoms with van der Waals surface area (Å²) in [5.41, 5.74) is 0.700. The topological polar surface area (TPSA) is 76.6 Å². The van der Waals surface area contributed by atoms with Gasteiger partial charge in [-0.3, -0.25) is 9.69 Å². The van der Waals surface area contributed by atoms with E-state index < -0.39 is 9.05 Å². The summed E-state index contributed by atoms with van der Waals surface area (Å²) >= 11 is 1.38. The molecule has 0 aliphatic carbocycles. The Hall–Kier alpha value is -1.38. The van der Waals surface area contributed by atoms with Gasteiger partial charge in [0.2, 0.25) is 15.0 Å². The van der Waals surface area contributed by atoms with Crippen molar-refractivity contribution < 1.29 is 17.9 Å². The van der Waals surface area contributed by atoms with Gasteiger partial charge in [0, 0.05) is 29.6 Å². The molecule has 22 heavy (non-hydrogen) atoms. The number of thiazole rings is 1. The number of amides is 1. The van der Waals surface area contributed by atoms with Crippen LogP contribution in [0.25, 0.3) is 10.2 Å². The number of halogens is 1. The van der Waals surface area contributed by atoms with Gasteiger partial charge in [-0.2, -0.15) is 0 Å². The smallest absolute Gasteiger partial charge is 0.232 e. The van der Waals surface area contributed by atoms with Crippen LogP contribution in [-0.2, 0) is 13.8 Å². The Kier molecular flexibility index (Phi) is 4.00. The largest absolute Gasteiger partial charge is 0.494 e. The number of benzene rings is 1. The molecule has 0 bridgehead atoms. The summed E-state index contributed by atoms with van der Waals surface area (Å²) in [6.45, 7) is 0.312. The Labute approximate surface area is 136 Å². The highest BCUT2D eigenvalue weighted by atomic mass is 35.7. The molecule has 0 radical (unpaired) electrons. The maximum Gasteiger partial charge on any atom is 0.232 e. The normalized spacial score (nSPS) is 19.1. The SMILES string of the molecule is COc1cccc2sc(N3CC(CS(=O)(=O)Cl)CC3=O)nc12. The predicted octanol–water partition coefficient (Wildman–Crippen LogP) is 2.23. The van der Waals surface area contributed by atoms with Gasteiger partial charge in [0.25, 0.3) is 0 Å². The van der Waals surface area contributed by atoms with Crippen LogP contribution in [0.5, 0.6) is 5.75 Å². The summed E-state index contributed by atoms with van der Waals surface area (Å²) in [4.78, 5) is 18.1. The van der Waals surface area contributed by atoms with Crippen LogP contribution in [0.1, 0.15) is 6.42 Å². The van der Waals surface area contributed by atoms with Crippen molar-refractivity contribution in [3.8, 4) is 5.75 Å². The molecule has 1 amide bonds. The number of hydrogen-bond donors (Lipinski definition) is 0. The van der Waals surface area contributed by atoms with Crippen LogP contribution in [0.3, 0.4) is 0 Å². The van der Waals surface area contributed by atoms with Gasteiger partial charge in [0.15, 0.2) is 5.13 Å². The van der Waals surface area contributed by atoms with E-state index in [1.54, 1.807) is 13.2 Å². The van der Waals surface area contributed by atoms with Gasteiger partial charge >= 0.3 is 0 Å². The van der Waals surface area contributed by atoms with E-state index in [4.69, 9.17) is 15.4 Å². The van der Waals surface area contributed by atoms with Crippen molar-refractivity contribution in [3.05, 3.63) is 18.2 Å². The van der Waals surface area contributed by atoms with Crippen molar-refractivity contribution in [2.75, 3.05) is 24.3 Å². The Morgan fingerprint density at radius 2 is 2.27 bits per heavy atom. The third kappa shape index (κ3) is 3.04. The summed E-state index contributed by atoms with van der Waals surface area (Å²) in [6, 6.07) is 5.57. The Balaban J connectivity index is 1.90. The number of nitrogens with zero attached hydrogens (tertiary/aromatic N) is 2. The van der Waals surface area contributed by atoms with Crippen molar-refractivity contribution in [2.45, 2.75) is 6.42 Å². The molecular formula is C13H13ClN2O4S2. The van der Waals surface area contributed by atoms with Gasteiger partial charge in [-0.05, 0) is 12.1 Å². The van der Waals surface area contributed by atoms with Crippen LogP contribution < -0.4 is 9.64 Å². The maximum atomic E-state index is 12.1. The van der Waals surface area contributed by atoms with E-state index in [2.05, 4.69) is 4.98 Å². The number of aromatic nitrogens is 1. The van der Waals surface area contributed by atoms with Gasteiger partial charge < -0.3 is 4.74 Å². The Bertz CT molecular complexity index is 834. The zero-order valence-corrected chi connectivity index (χ0v) is 14.0. The van der Waals surface area contributed by atoms with Gasteiger partial charge in [0.1, 0.15) is 11.3 Å². The lowest BCUT2D eigenvalue weighted by molar-refractivity contribution is -0.117. The van der Waals surface area contributed by atoms with E-state index in [-0.39, 0.29) is 24.0 Å². The molecule has 2 heterocycles. The summed E-state index contributed by atoms with van der Waals surface area (Å²) < 4.78 is 28.5. The van der Waals surface area contributed by atoms with Crippen LogP contribution in [0.4, 0.5) is 5.13 Å². The molecule has 1 fully saturated rings. The first kappa shape index (κ1) is 15.5. The fourth-order valence-corrected chi connectivity index (χ4v) is 4.88. The molecule has 0 saturated carbocycles. The minimum absolute atomic E-state index is 0.136. The number of hydrogen-bond acceptors (Lipinski definition) is 6. The van der Waals surface area contributed by atoms with Crippen LogP contribution in [0.2, 0.25) is 0 Å². The van der Waals surface area contributed by atoms with Gasteiger partial charge in [0.05, 0.1) is 17.6 Å². The molecule has 0 N–H and O–H groups in total. The average Bonchev–Trinajstić information content (AvgIpc) is 2.99. The number of anilines is 1. The lowest BCUT2D eigenvalue weighted by Crippen LogP contribution is -2.25. The molecule has 1 atom stereocenters. The molecular weight excluding hydrogens is 348 g/mol. The Morgan fingerprint density at radius 1 is 1.50 bits per heavy atom. The van der Waals surface area contributed by atoms with E-state index in [0.717, 1.165) is 4.70 Å². The van der Waals surface area contributed by atoms with Crippen molar-refractivity contribution in [2.24, 2.45) is 5.92 Å². The summed E-state index contributed by atoms with van der Waals surface area (Å²) in [5, 5.41) is 0.555. The molecule has 1 aliphatic heterocycles. The zero-order chi connectivity index (χ0) is 15.9. The highest BCUT2D eigenvalue weighted by molar-refractivity contribution is 8.13. The summed E-state index contributed by atoms with van der Waals surface area (Å²) in [6.07, 6.45) is 0.166. The molecule has 0 spiro atoms. The first-order chi connectivity index (χ1) is 10.4. The lowest BCUT2D eigenvalue weighted by Gasteiger charge is -2.12. The number of para-hydroxylation sites is 1. The minimum atomic E-state index is -3.62. The predicted molar refractivity (Wildman–Crippen MR) is 86.3 cm³/mol. The number of methoxy groups -OCH3 is 1. The molecule has 3 rings (SSSR count). The second kappa shape index (κ2) is 5.68. The standard InChI is InChI=1S/C13H13ClN2O4S2/c1-20-9-3-2-4-10-12(9)15-13(21-10)16-6-8(5-11(16)17)7-22(14,18)19/h2-4,8H,5-7H2,1H3. The molecule has 118 valence electrons. The number of rotatable bonds is 4. The van der Waals surface area contributed by atoms with Crippen LogP contribution in [0, 0.1) is 5.92 Å². The molecule has 1 aromatic carbocycles. The van der Waals surface area contributed by atoms with Gasteiger partial charge in [-0.25, -0.2) is 13.4 Å². The highest BCUT2D eigenvalue weighted by Gasteiger charge is 2.34. The molecule has 6 nitrogen and oxygen atoms in total. The maximum absolute atomic E-state index is 12.1. The molecule has 9 heteroatoms. The highest BCUT2D eigenvalue weighted by Crippen LogP contribution is 2.36. The zero-order valence-electron chi connectivity index (χ0n) is 11.7. The molecule has 2 aromatic rings. The van der Waals surface area contributed by atoms with Crippen molar-refractivity contribution in [3.63, 3.8) is 0 Å². The second-order valence-electron chi connectivity index (χ2n) is 5.08. The number of carbonyl (C=O) groups is 1. The molecule has 1 saturated heterocycles. The van der Waals surface area contributed by atoms with E-state index in [9.17, 15) is 13.2 Å². The van der Waals surface area contributed by atoms with Crippen molar-refractivity contribution >= 4 is 52.3 Å². The van der Waals surface area contributed by atoms with E-state index in [1.807, 2.05) is 12.1 Å².